The molecule has 0 aliphatic carbocycles. The molecule has 7 heteroatoms. The second-order valence-electron chi connectivity index (χ2n) is 9.23. The van der Waals surface area contributed by atoms with Gasteiger partial charge in [0.25, 0.3) is 5.91 Å². The van der Waals surface area contributed by atoms with Crippen LogP contribution in [0.4, 0.5) is 5.69 Å². The first-order valence-electron chi connectivity index (χ1n) is 12.2. The maximum absolute atomic E-state index is 12.6. The summed E-state index contributed by atoms with van der Waals surface area (Å²) in [6, 6.07) is 12.1. The van der Waals surface area contributed by atoms with Crippen LogP contribution in [0.25, 0.3) is 0 Å². The molecule has 2 aliphatic heterocycles. The van der Waals surface area contributed by atoms with E-state index in [9.17, 15) is 9.59 Å². The lowest BCUT2D eigenvalue weighted by atomic mass is 9.97. The highest BCUT2D eigenvalue weighted by Gasteiger charge is 2.29. The van der Waals surface area contributed by atoms with Gasteiger partial charge < -0.3 is 19.5 Å². The van der Waals surface area contributed by atoms with Crippen LogP contribution in [0.5, 0.6) is 0 Å². The molecule has 2 amide bonds. The minimum absolute atomic E-state index is 0.0683. The van der Waals surface area contributed by atoms with Gasteiger partial charge in [-0.25, -0.2) is 0 Å². The number of carbonyl (C=O) groups excluding carboxylic acids is 2. The highest BCUT2D eigenvalue weighted by atomic mass is 16.3. The summed E-state index contributed by atoms with van der Waals surface area (Å²) in [5.41, 5.74) is 2.63. The predicted molar refractivity (Wildman–Crippen MR) is 129 cm³/mol. The molecule has 2 saturated heterocycles. The molecule has 2 aromatic rings. The molecule has 1 atom stereocenters. The smallest absolute Gasteiger partial charge is 0.289 e. The molecule has 0 spiro atoms. The van der Waals surface area contributed by atoms with Crippen LogP contribution in [-0.2, 0) is 4.79 Å². The van der Waals surface area contributed by atoms with Gasteiger partial charge in [-0.3, -0.25) is 14.5 Å². The molecule has 4 rings (SSSR count). The zero-order valence-corrected chi connectivity index (χ0v) is 19.7. The number of piperazine rings is 1. The Hall–Kier alpha value is -2.80. The van der Waals surface area contributed by atoms with Crippen molar-refractivity contribution in [2.45, 2.75) is 32.6 Å². The highest BCUT2D eigenvalue weighted by molar-refractivity contribution is 5.92. The van der Waals surface area contributed by atoms with E-state index in [1.165, 1.54) is 17.5 Å². The third-order valence-electron chi connectivity index (χ3n) is 6.75. The van der Waals surface area contributed by atoms with Gasteiger partial charge in [-0.1, -0.05) is 12.1 Å². The summed E-state index contributed by atoms with van der Waals surface area (Å²) in [5, 5.41) is 3.09. The summed E-state index contributed by atoms with van der Waals surface area (Å²) >= 11 is 0. The van der Waals surface area contributed by atoms with E-state index in [0.717, 1.165) is 58.4 Å². The van der Waals surface area contributed by atoms with Gasteiger partial charge in [-0.15, -0.1) is 0 Å². The number of nitrogens with zero attached hydrogens (tertiary/aromatic N) is 3. The number of benzene rings is 1. The van der Waals surface area contributed by atoms with Gasteiger partial charge in [0.2, 0.25) is 5.91 Å². The number of aryl methyl sites for hydroxylation is 1. The summed E-state index contributed by atoms with van der Waals surface area (Å²) in [7, 11) is 0. The van der Waals surface area contributed by atoms with Crippen LogP contribution in [0.2, 0.25) is 0 Å². The van der Waals surface area contributed by atoms with E-state index in [4.69, 9.17) is 4.42 Å². The van der Waals surface area contributed by atoms with E-state index in [1.807, 2.05) is 0 Å². The molecular formula is C26H36N4O3. The molecule has 178 valence electrons. The van der Waals surface area contributed by atoms with Crippen LogP contribution >= 0.6 is 0 Å². The molecule has 0 radical (unpaired) electrons. The molecule has 2 fully saturated rings. The minimum Gasteiger partial charge on any atom is -0.459 e. The van der Waals surface area contributed by atoms with Crippen LogP contribution in [-0.4, -0.2) is 74.0 Å². The van der Waals surface area contributed by atoms with Crippen LogP contribution in [0.3, 0.4) is 0 Å². The van der Waals surface area contributed by atoms with Gasteiger partial charge >= 0.3 is 0 Å². The topological polar surface area (TPSA) is 69.0 Å². The molecule has 33 heavy (non-hydrogen) atoms. The summed E-state index contributed by atoms with van der Waals surface area (Å²) in [6.45, 7) is 9.37. The Morgan fingerprint density at radius 2 is 1.91 bits per heavy atom. The molecule has 7 nitrogen and oxygen atoms in total. The fourth-order valence-electron chi connectivity index (χ4n) is 4.80. The Morgan fingerprint density at radius 3 is 2.67 bits per heavy atom. The van der Waals surface area contributed by atoms with Gasteiger partial charge in [-0.2, -0.15) is 0 Å². The zero-order valence-electron chi connectivity index (χ0n) is 19.7. The van der Waals surface area contributed by atoms with Crippen molar-refractivity contribution in [1.82, 2.24) is 15.1 Å². The first kappa shape index (κ1) is 23.4. The van der Waals surface area contributed by atoms with Gasteiger partial charge in [0.05, 0.1) is 12.2 Å². The second-order valence-corrected chi connectivity index (χ2v) is 9.23. The Balaban J connectivity index is 1.10. The second kappa shape index (κ2) is 11.4. The molecule has 3 heterocycles. The summed E-state index contributed by atoms with van der Waals surface area (Å²) < 4.78 is 5.22. The number of carbonyl (C=O) groups is 2. The SMILES string of the molecule is Cc1cccc(N2CCN(CCCCNC(=O)C3CCCN(C(=O)c4ccco4)C3)CC2)c1. The van der Waals surface area contributed by atoms with Crippen molar-refractivity contribution >= 4 is 17.5 Å². The predicted octanol–water partition coefficient (Wildman–Crippen LogP) is 3.16. The number of rotatable bonds is 8. The van der Waals surface area contributed by atoms with Gasteiger partial charge in [0.1, 0.15) is 0 Å². The first-order chi connectivity index (χ1) is 16.1. The molecule has 0 bridgehead atoms. The zero-order chi connectivity index (χ0) is 23.0. The van der Waals surface area contributed by atoms with E-state index < -0.39 is 0 Å². The molecule has 1 unspecified atom stereocenters. The number of hydrogen-bond donors (Lipinski definition) is 1. The van der Waals surface area contributed by atoms with Crippen molar-refractivity contribution in [1.29, 1.82) is 0 Å². The minimum atomic E-state index is -0.132. The Labute approximate surface area is 196 Å². The molecule has 0 saturated carbocycles. The first-order valence-corrected chi connectivity index (χ1v) is 12.2. The monoisotopic (exact) mass is 452 g/mol. The van der Waals surface area contributed by atoms with Crippen molar-refractivity contribution in [3.8, 4) is 0 Å². The van der Waals surface area contributed by atoms with E-state index in [2.05, 4.69) is 46.3 Å². The number of nitrogens with one attached hydrogen (secondary N) is 1. The third-order valence-corrected chi connectivity index (χ3v) is 6.75. The summed E-state index contributed by atoms with van der Waals surface area (Å²) in [5.74, 6) is 0.154. The quantitative estimate of drug-likeness (QED) is 0.623. The Bertz CT molecular complexity index is 906. The Morgan fingerprint density at radius 1 is 1.06 bits per heavy atom. The van der Waals surface area contributed by atoms with Crippen molar-refractivity contribution in [2.75, 3.05) is 57.3 Å². The number of hydrogen-bond acceptors (Lipinski definition) is 5. The van der Waals surface area contributed by atoms with Gasteiger partial charge in [-0.05, 0) is 69.0 Å². The lowest BCUT2D eigenvalue weighted by molar-refractivity contribution is -0.126. The van der Waals surface area contributed by atoms with Crippen molar-refractivity contribution in [2.24, 2.45) is 5.92 Å². The van der Waals surface area contributed by atoms with Crippen LogP contribution in [0.1, 0.15) is 41.8 Å². The number of furan rings is 1. The number of anilines is 1. The van der Waals surface area contributed by atoms with Crippen molar-refractivity contribution in [3.63, 3.8) is 0 Å². The number of unbranched alkanes of at least 4 members (excludes halogenated alkanes) is 1. The average molecular weight is 453 g/mol. The van der Waals surface area contributed by atoms with E-state index >= 15 is 0 Å². The number of likely N-dealkylation sites (tertiary alicyclic amines) is 1. The maximum atomic E-state index is 12.6. The van der Waals surface area contributed by atoms with Gasteiger partial charge in [0, 0.05) is 51.5 Å². The standard InChI is InChI=1S/C26H36N4O3/c1-21-7-4-9-23(19-21)29-16-14-28(15-17-29)12-3-2-11-27-25(31)22-8-5-13-30(20-22)26(32)24-10-6-18-33-24/h4,6-7,9-10,18-19,22H,2-3,5,8,11-17,20H2,1H3,(H,27,31). The van der Waals surface area contributed by atoms with E-state index in [1.54, 1.807) is 17.0 Å². The fraction of sp³-hybridized carbons (Fsp3) is 0.538. The summed E-state index contributed by atoms with van der Waals surface area (Å²) in [4.78, 5) is 31.8. The highest BCUT2D eigenvalue weighted by Crippen LogP contribution is 2.20. The molecular weight excluding hydrogens is 416 g/mol. The van der Waals surface area contributed by atoms with E-state index in [0.29, 0.717) is 25.4 Å². The third kappa shape index (κ3) is 6.38. The van der Waals surface area contributed by atoms with E-state index in [-0.39, 0.29) is 17.7 Å². The Kier molecular flexibility index (Phi) is 8.05. The molecule has 2 aliphatic rings. The molecule has 1 aromatic carbocycles. The van der Waals surface area contributed by atoms with Crippen molar-refractivity contribution in [3.05, 3.63) is 54.0 Å². The lowest BCUT2D eigenvalue weighted by Crippen LogP contribution is -2.47. The normalized spacial score (nSPS) is 19.5. The van der Waals surface area contributed by atoms with Crippen molar-refractivity contribution < 1.29 is 14.0 Å². The van der Waals surface area contributed by atoms with Gasteiger partial charge in [0.15, 0.2) is 5.76 Å². The van der Waals surface area contributed by atoms with Crippen LogP contribution in [0, 0.1) is 12.8 Å². The number of amides is 2. The molecule has 1 N–H and O–H groups in total. The summed E-state index contributed by atoms with van der Waals surface area (Å²) in [6.07, 6.45) is 5.24. The fourth-order valence-corrected chi connectivity index (χ4v) is 4.80. The van der Waals surface area contributed by atoms with Crippen LogP contribution in [0.15, 0.2) is 47.1 Å². The lowest BCUT2D eigenvalue weighted by Gasteiger charge is -2.36. The number of piperidine rings is 1. The largest absolute Gasteiger partial charge is 0.459 e. The maximum Gasteiger partial charge on any atom is 0.289 e. The molecule has 1 aromatic heterocycles. The average Bonchev–Trinajstić information content (AvgIpc) is 3.39. The van der Waals surface area contributed by atoms with Crippen LogP contribution < -0.4 is 10.2 Å².